The van der Waals surface area contributed by atoms with E-state index in [0.717, 1.165) is 11.3 Å². The van der Waals surface area contributed by atoms with Crippen molar-refractivity contribution in [1.82, 2.24) is 9.99 Å². The Morgan fingerprint density at radius 2 is 2.10 bits per heavy atom. The highest BCUT2D eigenvalue weighted by atomic mass is 35.5. The lowest BCUT2D eigenvalue weighted by Gasteiger charge is -2.08. The average Bonchev–Trinajstić information content (AvgIpc) is 2.80. The molecule has 0 saturated carbocycles. The number of nitrogens with zero attached hydrogens (tertiary/aromatic N) is 2. The van der Waals surface area contributed by atoms with Gasteiger partial charge in [0.1, 0.15) is 0 Å². The monoisotopic (exact) mass is 303 g/mol. The smallest absolute Gasteiger partial charge is 0.272 e. The molecule has 4 nitrogen and oxygen atoms in total. The molecule has 21 heavy (non-hydrogen) atoms. The van der Waals surface area contributed by atoms with Gasteiger partial charge in [0.25, 0.3) is 5.91 Å². The minimum atomic E-state index is -0.322. The number of aromatic nitrogens is 1. The molecule has 1 aromatic heterocycles. The molecule has 110 valence electrons. The van der Waals surface area contributed by atoms with Crippen LogP contribution in [0.4, 0.5) is 0 Å². The molecule has 0 fully saturated rings. The third kappa shape index (κ3) is 3.73. The van der Waals surface area contributed by atoms with E-state index in [9.17, 15) is 4.79 Å². The number of hydrogen-bond acceptors (Lipinski definition) is 2. The Hall–Kier alpha value is -2.07. The van der Waals surface area contributed by atoms with Crippen LogP contribution in [-0.2, 0) is 0 Å². The lowest BCUT2D eigenvalue weighted by molar-refractivity contribution is 0.0955. The van der Waals surface area contributed by atoms with Gasteiger partial charge >= 0.3 is 0 Å². The minimum absolute atomic E-state index is 0.322. The van der Waals surface area contributed by atoms with Gasteiger partial charge in [0.2, 0.25) is 0 Å². The van der Waals surface area contributed by atoms with Crippen LogP contribution in [0, 0.1) is 6.92 Å². The predicted octanol–water partition coefficient (Wildman–Crippen LogP) is 3.79. The molecule has 0 unspecified atom stereocenters. The van der Waals surface area contributed by atoms with Crippen molar-refractivity contribution in [3.63, 3.8) is 0 Å². The van der Waals surface area contributed by atoms with Gasteiger partial charge < -0.3 is 4.57 Å². The zero-order valence-electron chi connectivity index (χ0n) is 12.3. The molecule has 0 saturated heterocycles. The Kier molecular flexibility index (Phi) is 4.81. The third-order valence-corrected chi connectivity index (χ3v) is 3.46. The quantitative estimate of drug-likeness (QED) is 0.678. The van der Waals surface area contributed by atoms with Crippen LogP contribution in [0.25, 0.3) is 0 Å². The number of halogens is 1. The fourth-order valence-corrected chi connectivity index (χ4v) is 2.33. The molecule has 1 N–H and O–H groups in total. The summed E-state index contributed by atoms with van der Waals surface area (Å²) in [6, 6.07) is 9.28. The Bertz CT molecular complexity index is 674. The van der Waals surface area contributed by atoms with E-state index in [-0.39, 0.29) is 5.91 Å². The van der Waals surface area contributed by atoms with Crippen molar-refractivity contribution < 1.29 is 4.79 Å². The van der Waals surface area contributed by atoms with Gasteiger partial charge in [-0.25, -0.2) is 5.43 Å². The fraction of sp³-hybridized carbons (Fsp3) is 0.250. The highest BCUT2D eigenvalue weighted by Gasteiger charge is 2.08. The second kappa shape index (κ2) is 6.59. The molecule has 0 aliphatic rings. The normalized spacial score (nSPS) is 11.3. The fourth-order valence-electron chi connectivity index (χ4n) is 2.11. The number of aryl methyl sites for hydroxylation is 1. The van der Waals surface area contributed by atoms with E-state index in [1.807, 2.05) is 19.2 Å². The van der Waals surface area contributed by atoms with E-state index >= 15 is 0 Å². The summed E-state index contributed by atoms with van der Waals surface area (Å²) in [6.45, 7) is 6.28. The Labute approximate surface area is 129 Å². The van der Waals surface area contributed by atoms with Crippen molar-refractivity contribution in [2.45, 2.75) is 26.8 Å². The summed E-state index contributed by atoms with van der Waals surface area (Å²) in [6.07, 6.45) is 3.63. The zero-order chi connectivity index (χ0) is 15.4. The van der Waals surface area contributed by atoms with Gasteiger partial charge in [-0.05, 0) is 39.0 Å². The molecule has 0 aliphatic heterocycles. The molecule has 0 bridgehead atoms. The number of hydrazone groups is 1. The second-order valence-corrected chi connectivity index (χ2v) is 5.50. The molecule has 5 heteroatoms. The summed E-state index contributed by atoms with van der Waals surface area (Å²) >= 11 is 5.96. The minimum Gasteiger partial charge on any atom is -0.349 e. The molecule has 1 amide bonds. The van der Waals surface area contributed by atoms with Crippen LogP contribution in [0.5, 0.6) is 0 Å². The first kappa shape index (κ1) is 15.3. The molecule has 1 heterocycles. The molecule has 2 aromatic rings. The van der Waals surface area contributed by atoms with Crippen molar-refractivity contribution in [3.8, 4) is 0 Å². The van der Waals surface area contributed by atoms with Crippen molar-refractivity contribution in [2.24, 2.45) is 5.10 Å². The SMILES string of the molecule is Cc1cc(/C=N\NC(=O)c2ccccc2Cl)cn1C(C)C. The van der Waals surface area contributed by atoms with Crippen LogP contribution in [0.1, 0.15) is 41.5 Å². The van der Waals surface area contributed by atoms with E-state index < -0.39 is 0 Å². The highest BCUT2D eigenvalue weighted by molar-refractivity contribution is 6.33. The standard InChI is InChI=1S/C16H18ClN3O/c1-11(2)20-10-13(8-12(20)3)9-18-19-16(21)14-6-4-5-7-15(14)17/h4-11H,1-3H3,(H,19,21)/b18-9-. The van der Waals surface area contributed by atoms with Crippen LogP contribution in [0.15, 0.2) is 41.6 Å². The number of nitrogens with one attached hydrogen (secondary N) is 1. The molecule has 0 spiro atoms. The molecule has 0 aliphatic carbocycles. The van der Waals surface area contributed by atoms with Crippen LogP contribution in [-0.4, -0.2) is 16.7 Å². The second-order valence-electron chi connectivity index (χ2n) is 5.09. The molecule has 0 atom stereocenters. The first-order chi connectivity index (χ1) is 9.99. The lowest BCUT2D eigenvalue weighted by Crippen LogP contribution is -2.17. The number of benzene rings is 1. The van der Waals surface area contributed by atoms with Crippen molar-refractivity contribution >= 4 is 23.7 Å². The third-order valence-electron chi connectivity index (χ3n) is 3.13. The topological polar surface area (TPSA) is 46.4 Å². The maximum Gasteiger partial charge on any atom is 0.272 e. The van der Waals surface area contributed by atoms with Crippen molar-refractivity contribution in [3.05, 3.63) is 58.4 Å². The molecule has 0 radical (unpaired) electrons. The van der Waals surface area contributed by atoms with Gasteiger partial charge in [0, 0.05) is 23.5 Å². The summed E-state index contributed by atoms with van der Waals surface area (Å²) in [4.78, 5) is 11.9. The van der Waals surface area contributed by atoms with Gasteiger partial charge in [0.15, 0.2) is 0 Å². The first-order valence-corrected chi connectivity index (χ1v) is 7.13. The van der Waals surface area contributed by atoms with Crippen LogP contribution >= 0.6 is 11.6 Å². The van der Waals surface area contributed by atoms with E-state index in [1.165, 1.54) is 0 Å². The largest absolute Gasteiger partial charge is 0.349 e. The number of carbonyl (C=O) groups is 1. The zero-order valence-corrected chi connectivity index (χ0v) is 13.1. The molecule has 1 aromatic carbocycles. The summed E-state index contributed by atoms with van der Waals surface area (Å²) in [5, 5.41) is 4.39. The molecular weight excluding hydrogens is 286 g/mol. The van der Waals surface area contributed by atoms with Crippen LogP contribution in [0.2, 0.25) is 5.02 Å². The lowest BCUT2D eigenvalue weighted by atomic mass is 10.2. The Balaban J connectivity index is 2.04. The summed E-state index contributed by atoms with van der Waals surface area (Å²) in [5.74, 6) is -0.322. The number of amides is 1. The highest BCUT2D eigenvalue weighted by Crippen LogP contribution is 2.15. The van der Waals surface area contributed by atoms with Crippen LogP contribution in [0.3, 0.4) is 0 Å². The van der Waals surface area contributed by atoms with E-state index in [0.29, 0.717) is 16.6 Å². The van der Waals surface area contributed by atoms with Crippen molar-refractivity contribution in [1.29, 1.82) is 0 Å². The summed E-state index contributed by atoms with van der Waals surface area (Å²) in [7, 11) is 0. The van der Waals surface area contributed by atoms with Gasteiger partial charge in [0.05, 0.1) is 16.8 Å². The van der Waals surface area contributed by atoms with Crippen molar-refractivity contribution in [2.75, 3.05) is 0 Å². The van der Waals surface area contributed by atoms with E-state index in [1.54, 1.807) is 30.5 Å². The maximum absolute atomic E-state index is 11.9. The average molecular weight is 304 g/mol. The van der Waals surface area contributed by atoms with Gasteiger partial charge in [-0.15, -0.1) is 0 Å². The first-order valence-electron chi connectivity index (χ1n) is 6.75. The van der Waals surface area contributed by atoms with Gasteiger partial charge in [-0.2, -0.15) is 5.10 Å². The van der Waals surface area contributed by atoms with E-state index in [2.05, 4.69) is 28.9 Å². The number of carbonyl (C=O) groups excluding carboxylic acids is 1. The van der Waals surface area contributed by atoms with E-state index in [4.69, 9.17) is 11.6 Å². The van der Waals surface area contributed by atoms with Gasteiger partial charge in [-0.1, -0.05) is 23.7 Å². The van der Waals surface area contributed by atoms with Crippen LogP contribution < -0.4 is 5.43 Å². The number of hydrogen-bond donors (Lipinski definition) is 1. The predicted molar refractivity (Wildman–Crippen MR) is 86.1 cm³/mol. The summed E-state index contributed by atoms with van der Waals surface area (Å²) in [5.41, 5.74) is 4.99. The Morgan fingerprint density at radius 3 is 2.71 bits per heavy atom. The maximum atomic E-state index is 11.9. The Morgan fingerprint density at radius 1 is 1.38 bits per heavy atom. The number of rotatable bonds is 4. The summed E-state index contributed by atoms with van der Waals surface area (Å²) < 4.78 is 2.15. The molecular formula is C16H18ClN3O. The molecule has 2 rings (SSSR count). The van der Waals surface area contributed by atoms with Gasteiger partial charge in [-0.3, -0.25) is 4.79 Å².